The first kappa shape index (κ1) is 18.3. The van der Waals surface area contributed by atoms with Crippen LogP contribution in [0.5, 0.6) is 0 Å². The van der Waals surface area contributed by atoms with Gasteiger partial charge in [-0.1, -0.05) is 29.8 Å². The molecule has 7 heteroatoms. The van der Waals surface area contributed by atoms with Crippen LogP contribution in [0, 0.1) is 0 Å². The van der Waals surface area contributed by atoms with Gasteiger partial charge in [0, 0.05) is 18.3 Å². The van der Waals surface area contributed by atoms with Gasteiger partial charge in [0.25, 0.3) is 5.91 Å². The lowest BCUT2D eigenvalue weighted by Crippen LogP contribution is -2.38. The van der Waals surface area contributed by atoms with Crippen molar-refractivity contribution in [2.75, 3.05) is 21.5 Å². The first-order valence-electron chi connectivity index (χ1n) is 9.10. The smallest absolute Gasteiger partial charge is 0.260 e. The van der Waals surface area contributed by atoms with Crippen molar-refractivity contribution in [1.29, 1.82) is 0 Å². The molecule has 0 N–H and O–H groups in total. The molecule has 0 aromatic heterocycles. The summed E-state index contributed by atoms with van der Waals surface area (Å²) in [5.74, 6) is -0.0154. The second-order valence-corrected chi connectivity index (χ2v) is 9.54. The number of amides is 1. The molecule has 1 saturated heterocycles. The van der Waals surface area contributed by atoms with Crippen LogP contribution in [0.3, 0.4) is 0 Å². The zero-order chi connectivity index (χ0) is 19.2. The van der Waals surface area contributed by atoms with Gasteiger partial charge in [0.2, 0.25) is 10.0 Å². The highest BCUT2D eigenvalue weighted by atomic mass is 35.5. The molecule has 0 spiro atoms. The number of halogens is 1. The molecule has 2 aliphatic heterocycles. The van der Waals surface area contributed by atoms with Gasteiger partial charge in [0.05, 0.1) is 22.0 Å². The van der Waals surface area contributed by atoms with Gasteiger partial charge in [-0.3, -0.25) is 9.10 Å². The molecule has 5 nitrogen and oxygen atoms in total. The minimum Gasteiger partial charge on any atom is -0.305 e. The molecule has 2 aromatic carbocycles. The fourth-order valence-electron chi connectivity index (χ4n) is 3.92. The number of fused-ring (bicyclic) bond motifs is 1. The summed E-state index contributed by atoms with van der Waals surface area (Å²) in [6.07, 6.45) is 2.30. The Morgan fingerprint density at radius 2 is 1.93 bits per heavy atom. The third-order valence-corrected chi connectivity index (χ3v) is 7.43. The van der Waals surface area contributed by atoms with Crippen molar-refractivity contribution in [1.82, 2.24) is 0 Å². The minimum atomic E-state index is -3.31. The second kappa shape index (κ2) is 6.84. The first-order chi connectivity index (χ1) is 12.9. The number of rotatable bonds is 2. The molecule has 0 unspecified atom stereocenters. The van der Waals surface area contributed by atoms with Crippen molar-refractivity contribution in [3.63, 3.8) is 0 Å². The molecule has 2 aliphatic rings. The number of nitrogens with zero attached hydrogens (tertiary/aromatic N) is 2. The standard InChI is InChI=1S/C20H21ClN2O3S/c1-14-12-15-6-2-3-7-19(15)23(14)20(24)17-9-8-16(13-18(17)21)22-10-4-5-11-27(22,25)26/h2-3,6-9,13-14H,4-5,10-12H2,1H3/t14-/m0/s1. The van der Waals surface area contributed by atoms with Crippen LogP contribution in [-0.2, 0) is 16.4 Å². The molecule has 1 atom stereocenters. The van der Waals surface area contributed by atoms with Gasteiger partial charge in [0.15, 0.2) is 0 Å². The van der Waals surface area contributed by atoms with Gasteiger partial charge in [-0.25, -0.2) is 8.42 Å². The molecule has 27 heavy (non-hydrogen) atoms. The van der Waals surface area contributed by atoms with Crippen LogP contribution in [0.4, 0.5) is 11.4 Å². The Morgan fingerprint density at radius 3 is 2.67 bits per heavy atom. The summed E-state index contributed by atoms with van der Waals surface area (Å²) in [7, 11) is -3.31. The largest absolute Gasteiger partial charge is 0.305 e. The van der Waals surface area contributed by atoms with Gasteiger partial charge in [-0.2, -0.15) is 0 Å². The van der Waals surface area contributed by atoms with E-state index in [4.69, 9.17) is 11.6 Å². The summed E-state index contributed by atoms with van der Waals surface area (Å²) in [6.45, 7) is 2.46. The first-order valence-corrected chi connectivity index (χ1v) is 11.1. The second-order valence-electron chi connectivity index (χ2n) is 7.12. The van der Waals surface area contributed by atoms with Crippen molar-refractivity contribution in [2.24, 2.45) is 0 Å². The lowest BCUT2D eigenvalue weighted by molar-refractivity contribution is 0.0981. The van der Waals surface area contributed by atoms with Crippen molar-refractivity contribution in [2.45, 2.75) is 32.2 Å². The lowest BCUT2D eigenvalue weighted by Gasteiger charge is -2.29. The number of para-hydroxylation sites is 1. The number of carbonyl (C=O) groups excluding carboxylic acids is 1. The van der Waals surface area contributed by atoms with Crippen LogP contribution in [0.25, 0.3) is 0 Å². The maximum atomic E-state index is 13.2. The van der Waals surface area contributed by atoms with E-state index >= 15 is 0 Å². The Morgan fingerprint density at radius 1 is 1.15 bits per heavy atom. The van der Waals surface area contributed by atoms with E-state index in [9.17, 15) is 13.2 Å². The average Bonchev–Trinajstić information content (AvgIpc) is 2.96. The van der Waals surface area contributed by atoms with Crippen LogP contribution in [0.15, 0.2) is 42.5 Å². The van der Waals surface area contributed by atoms with Crippen LogP contribution >= 0.6 is 11.6 Å². The number of carbonyl (C=O) groups is 1. The number of anilines is 2. The van der Waals surface area contributed by atoms with Gasteiger partial charge in [0.1, 0.15) is 0 Å². The summed E-state index contributed by atoms with van der Waals surface area (Å²) in [5.41, 5.74) is 2.96. The highest BCUT2D eigenvalue weighted by Crippen LogP contribution is 2.35. The van der Waals surface area contributed by atoms with E-state index in [1.807, 2.05) is 31.2 Å². The normalized spacial score (nSPS) is 21.2. The third kappa shape index (κ3) is 3.21. The maximum Gasteiger partial charge on any atom is 0.260 e. The summed E-state index contributed by atoms with van der Waals surface area (Å²) in [4.78, 5) is 14.9. The zero-order valence-corrected chi connectivity index (χ0v) is 16.6. The number of sulfonamides is 1. The van der Waals surface area contributed by atoms with Crippen molar-refractivity contribution in [3.05, 3.63) is 58.6 Å². The van der Waals surface area contributed by atoms with Crippen molar-refractivity contribution < 1.29 is 13.2 Å². The van der Waals surface area contributed by atoms with E-state index in [0.717, 1.165) is 24.1 Å². The van der Waals surface area contributed by atoms with E-state index in [1.165, 1.54) is 4.31 Å². The Labute approximate surface area is 164 Å². The Bertz CT molecular complexity index is 1010. The number of hydrogen-bond donors (Lipinski definition) is 0. The molecule has 0 radical (unpaired) electrons. The maximum absolute atomic E-state index is 13.2. The van der Waals surface area contributed by atoms with E-state index < -0.39 is 10.0 Å². The predicted octanol–water partition coefficient (Wildman–Crippen LogP) is 3.86. The van der Waals surface area contributed by atoms with Crippen LogP contribution in [-0.4, -0.2) is 32.7 Å². The van der Waals surface area contributed by atoms with Crippen molar-refractivity contribution >= 4 is 38.9 Å². The zero-order valence-electron chi connectivity index (χ0n) is 15.1. The van der Waals surface area contributed by atoms with E-state index in [2.05, 4.69) is 0 Å². The van der Waals surface area contributed by atoms with Crippen LogP contribution in [0.2, 0.25) is 5.02 Å². The molecular weight excluding hydrogens is 384 g/mol. The van der Waals surface area contributed by atoms with Gasteiger partial charge >= 0.3 is 0 Å². The predicted molar refractivity (Wildman–Crippen MR) is 108 cm³/mol. The van der Waals surface area contributed by atoms with Crippen molar-refractivity contribution in [3.8, 4) is 0 Å². The van der Waals surface area contributed by atoms with Crippen LogP contribution in [0.1, 0.15) is 35.7 Å². The SMILES string of the molecule is C[C@H]1Cc2ccccc2N1C(=O)c1ccc(N2CCCCS2(=O)=O)cc1Cl. The minimum absolute atomic E-state index is 0.0492. The van der Waals surface area contributed by atoms with Gasteiger partial charge in [-0.05, 0) is 56.0 Å². The van der Waals surface area contributed by atoms with Gasteiger partial charge < -0.3 is 4.90 Å². The fraction of sp³-hybridized carbons (Fsp3) is 0.350. The third-order valence-electron chi connectivity index (χ3n) is 5.25. The quantitative estimate of drug-likeness (QED) is 0.763. The number of benzene rings is 2. The molecular formula is C20H21ClN2O3S. The average molecular weight is 405 g/mol. The summed E-state index contributed by atoms with van der Waals surface area (Å²) >= 11 is 6.42. The molecule has 2 heterocycles. The summed E-state index contributed by atoms with van der Waals surface area (Å²) < 4.78 is 26.0. The summed E-state index contributed by atoms with van der Waals surface area (Å²) in [5, 5.41) is 0.273. The molecule has 1 amide bonds. The van der Waals surface area contributed by atoms with Gasteiger partial charge in [-0.15, -0.1) is 0 Å². The molecule has 142 valence electrons. The summed E-state index contributed by atoms with van der Waals surface area (Å²) in [6, 6.07) is 12.8. The molecule has 0 aliphatic carbocycles. The van der Waals surface area contributed by atoms with Crippen LogP contribution < -0.4 is 9.21 Å². The Balaban J connectivity index is 1.66. The topological polar surface area (TPSA) is 57.7 Å². The monoisotopic (exact) mass is 404 g/mol. The Hall–Kier alpha value is -2.05. The van der Waals surface area contributed by atoms with E-state index in [-0.39, 0.29) is 22.7 Å². The molecule has 4 rings (SSSR count). The fourth-order valence-corrected chi connectivity index (χ4v) is 5.80. The van der Waals surface area contributed by atoms with E-state index in [1.54, 1.807) is 23.1 Å². The molecule has 0 bridgehead atoms. The lowest BCUT2D eigenvalue weighted by atomic mass is 10.1. The number of hydrogen-bond acceptors (Lipinski definition) is 3. The van der Waals surface area contributed by atoms with E-state index in [0.29, 0.717) is 24.2 Å². The molecule has 0 saturated carbocycles. The molecule has 1 fully saturated rings. The Kier molecular flexibility index (Phi) is 4.64. The highest BCUT2D eigenvalue weighted by molar-refractivity contribution is 7.92. The molecule has 2 aromatic rings. The highest BCUT2D eigenvalue weighted by Gasteiger charge is 2.33.